The second kappa shape index (κ2) is 5.72. The summed E-state index contributed by atoms with van der Waals surface area (Å²) in [5.41, 5.74) is 0.435. The number of allylic oxidation sites excluding steroid dienone is 1. The van der Waals surface area contributed by atoms with Gasteiger partial charge in [-0.2, -0.15) is 0 Å². The Morgan fingerprint density at radius 3 is 2.46 bits per heavy atom. The third-order valence-electron chi connectivity index (χ3n) is 1.54. The second-order valence-corrected chi connectivity index (χ2v) is 2.92. The Morgan fingerprint density at radius 2 is 2.08 bits per heavy atom. The Morgan fingerprint density at radius 1 is 1.54 bits per heavy atom. The molecule has 13 heavy (non-hydrogen) atoms. The smallest absolute Gasteiger partial charge is 0.335 e. The van der Waals surface area contributed by atoms with Gasteiger partial charge in [-0.3, -0.25) is 0 Å². The van der Waals surface area contributed by atoms with E-state index in [0.29, 0.717) is 5.57 Å². The van der Waals surface area contributed by atoms with Gasteiger partial charge in [-0.25, -0.2) is 4.79 Å². The van der Waals surface area contributed by atoms with Crippen LogP contribution in [0.3, 0.4) is 0 Å². The van der Waals surface area contributed by atoms with Gasteiger partial charge in [0.1, 0.15) is 0 Å². The van der Waals surface area contributed by atoms with Crippen LogP contribution in [0, 0.1) is 0 Å². The van der Waals surface area contributed by atoms with Crippen LogP contribution in [0.2, 0.25) is 0 Å². The molecule has 0 spiro atoms. The monoisotopic (exact) mass is 188 g/mol. The van der Waals surface area contributed by atoms with Gasteiger partial charge in [-0.05, 0) is 20.8 Å². The van der Waals surface area contributed by atoms with Crippen LogP contribution >= 0.6 is 0 Å². The molecule has 0 amide bonds. The molecule has 0 aromatic carbocycles. The van der Waals surface area contributed by atoms with Gasteiger partial charge >= 0.3 is 5.97 Å². The van der Waals surface area contributed by atoms with Crippen molar-refractivity contribution in [2.24, 2.45) is 0 Å². The van der Waals surface area contributed by atoms with Crippen molar-refractivity contribution < 1.29 is 19.7 Å². The topological polar surface area (TPSA) is 66.8 Å². The normalized spacial score (nSPS) is 16.5. The fourth-order valence-corrected chi connectivity index (χ4v) is 0.674. The molecule has 0 radical (unpaired) electrons. The summed E-state index contributed by atoms with van der Waals surface area (Å²) in [5, 5.41) is 18.0. The average Bonchev–Trinajstić information content (AvgIpc) is 2.01. The van der Waals surface area contributed by atoms with E-state index in [9.17, 15) is 4.79 Å². The summed E-state index contributed by atoms with van der Waals surface area (Å²) >= 11 is 0. The summed E-state index contributed by atoms with van der Waals surface area (Å²) in [6, 6.07) is 0. The average molecular weight is 188 g/mol. The van der Waals surface area contributed by atoms with Crippen LogP contribution in [0.4, 0.5) is 0 Å². The maximum atomic E-state index is 11.0. The summed E-state index contributed by atoms with van der Waals surface area (Å²) in [6.45, 7) is 4.81. The van der Waals surface area contributed by atoms with Crippen molar-refractivity contribution in [2.45, 2.75) is 39.6 Å². The minimum atomic E-state index is -1.23. The number of aliphatic hydroxyl groups excluding tert-OH is 2. The lowest BCUT2D eigenvalue weighted by atomic mass is 10.2. The Labute approximate surface area is 77.8 Å². The molecule has 2 unspecified atom stereocenters. The number of rotatable bonds is 4. The first-order valence-electron chi connectivity index (χ1n) is 4.17. The van der Waals surface area contributed by atoms with Gasteiger partial charge in [-0.1, -0.05) is 6.08 Å². The van der Waals surface area contributed by atoms with E-state index in [1.807, 2.05) is 0 Å². The summed E-state index contributed by atoms with van der Waals surface area (Å²) in [6.07, 6.45) is -0.295. The highest BCUT2D eigenvalue weighted by Crippen LogP contribution is 2.03. The summed E-state index contributed by atoms with van der Waals surface area (Å²) in [4.78, 5) is 11.0. The van der Waals surface area contributed by atoms with Crippen molar-refractivity contribution in [3.63, 3.8) is 0 Å². The molecule has 0 heterocycles. The van der Waals surface area contributed by atoms with E-state index in [2.05, 4.69) is 4.74 Å². The van der Waals surface area contributed by atoms with Gasteiger partial charge in [-0.15, -0.1) is 0 Å². The predicted octanol–water partition coefficient (Wildman–Crippen LogP) is 0.585. The molecule has 0 aliphatic carbocycles. The highest BCUT2D eigenvalue weighted by Gasteiger charge is 2.13. The van der Waals surface area contributed by atoms with Crippen molar-refractivity contribution in [1.82, 2.24) is 0 Å². The molecule has 0 saturated carbocycles. The molecule has 0 aliphatic heterocycles. The third-order valence-corrected chi connectivity index (χ3v) is 1.54. The maximum Gasteiger partial charge on any atom is 0.335 e. The summed E-state index contributed by atoms with van der Waals surface area (Å²) in [7, 11) is 0. The van der Waals surface area contributed by atoms with E-state index in [0.717, 1.165) is 0 Å². The van der Waals surface area contributed by atoms with E-state index in [1.165, 1.54) is 6.92 Å². The van der Waals surface area contributed by atoms with Crippen LogP contribution in [0.25, 0.3) is 0 Å². The molecule has 4 heteroatoms. The van der Waals surface area contributed by atoms with E-state index >= 15 is 0 Å². The molecule has 2 N–H and O–H groups in total. The lowest BCUT2D eigenvalue weighted by molar-refractivity contribution is -0.166. The molecule has 0 saturated heterocycles. The zero-order valence-electron chi connectivity index (χ0n) is 8.15. The highest BCUT2D eigenvalue weighted by atomic mass is 16.6. The first kappa shape index (κ1) is 12.1. The lowest BCUT2D eigenvalue weighted by Gasteiger charge is -2.13. The molecule has 2 atom stereocenters. The molecule has 4 nitrogen and oxygen atoms in total. The fourth-order valence-electron chi connectivity index (χ4n) is 0.674. The first-order chi connectivity index (χ1) is 5.97. The van der Waals surface area contributed by atoms with Crippen molar-refractivity contribution in [1.29, 1.82) is 0 Å². The SMILES string of the molecule is C/C=C(\C)C(=O)OC(O)CC(C)O. The van der Waals surface area contributed by atoms with Gasteiger partial charge in [0.2, 0.25) is 6.29 Å². The largest absolute Gasteiger partial charge is 0.433 e. The fraction of sp³-hybridized carbons (Fsp3) is 0.667. The Hall–Kier alpha value is -0.870. The van der Waals surface area contributed by atoms with E-state index in [4.69, 9.17) is 10.2 Å². The van der Waals surface area contributed by atoms with Crippen molar-refractivity contribution in [3.05, 3.63) is 11.6 Å². The van der Waals surface area contributed by atoms with Crippen LogP contribution in [-0.4, -0.2) is 28.6 Å². The summed E-state index contributed by atoms with van der Waals surface area (Å²) in [5.74, 6) is -0.560. The number of aliphatic hydroxyl groups is 2. The Bertz CT molecular complexity index is 196. The minimum absolute atomic E-state index is 0.0305. The quantitative estimate of drug-likeness (QED) is 0.385. The standard InChI is InChI=1S/C9H16O4/c1-4-6(2)9(12)13-8(11)5-7(3)10/h4,7-8,10-11H,5H2,1-3H3/b6-4+. The number of carbonyl (C=O) groups excluding carboxylic acids is 1. The Balaban J connectivity index is 3.92. The van der Waals surface area contributed by atoms with Gasteiger partial charge in [0, 0.05) is 12.0 Å². The molecular weight excluding hydrogens is 172 g/mol. The zero-order chi connectivity index (χ0) is 10.4. The van der Waals surface area contributed by atoms with E-state index in [-0.39, 0.29) is 6.42 Å². The van der Waals surface area contributed by atoms with Crippen LogP contribution in [0.15, 0.2) is 11.6 Å². The number of hydrogen-bond acceptors (Lipinski definition) is 4. The molecular formula is C9H16O4. The van der Waals surface area contributed by atoms with Crippen LogP contribution < -0.4 is 0 Å². The molecule has 0 aromatic heterocycles. The molecule has 0 rings (SSSR count). The molecule has 0 fully saturated rings. The van der Waals surface area contributed by atoms with Crippen LogP contribution in [0.1, 0.15) is 27.2 Å². The van der Waals surface area contributed by atoms with E-state index < -0.39 is 18.4 Å². The Kier molecular flexibility index (Phi) is 5.34. The molecule has 76 valence electrons. The highest BCUT2D eigenvalue weighted by molar-refractivity contribution is 5.87. The first-order valence-corrected chi connectivity index (χ1v) is 4.17. The van der Waals surface area contributed by atoms with Crippen LogP contribution in [0.5, 0.6) is 0 Å². The van der Waals surface area contributed by atoms with Crippen LogP contribution in [-0.2, 0) is 9.53 Å². The predicted molar refractivity (Wildman–Crippen MR) is 47.8 cm³/mol. The summed E-state index contributed by atoms with van der Waals surface area (Å²) < 4.78 is 4.60. The van der Waals surface area contributed by atoms with Crippen molar-refractivity contribution in [3.8, 4) is 0 Å². The zero-order valence-corrected chi connectivity index (χ0v) is 8.15. The van der Waals surface area contributed by atoms with E-state index in [1.54, 1.807) is 19.9 Å². The lowest BCUT2D eigenvalue weighted by Crippen LogP contribution is -2.22. The number of ether oxygens (including phenoxy) is 1. The number of esters is 1. The number of hydrogen-bond donors (Lipinski definition) is 2. The van der Waals surface area contributed by atoms with Crippen molar-refractivity contribution >= 4 is 5.97 Å². The minimum Gasteiger partial charge on any atom is -0.433 e. The van der Waals surface area contributed by atoms with Gasteiger partial charge in [0.25, 0.3) is 0 Å². The molecule has 0 aliphatic rings. The maximum absolute atomic E-state index is 11.0. The second-order valence-electron chi connectivity index (χ2n) is 2.92. The third kappa shape index (κ3) is 5.38. The van der Waals surface area contributed by atoms with Gasteiger partial charge in [0.15, 0.2) is 0 Å². The number of carbonyl (C=O) groups is 1. The molecule has 0 bridgehead atoms. The van der Waals surface area contributed by atoms with Crippen molar-refractivity contribution in [2.75, 3.05) is 0 Å². The molecule has 0 aromatic rings. The van der Waals surface area contributed by atoms with Gasteiger partial charge < -0.3 is 14.9 Å². The van der Waals surface area contributed by atoms with Gasteiger partial charge in [0.05, 0.1) is 6.10 Å².